The third kappa shape index (κ3) is 6.22. The Morgan fingerprint density at radius 1 is 1.00 bits per heavy atom. The van der Waals surface area contributed by atoms with Crippen molar-refractivity contribution in [2.24, 2.45) is 0 Å². The third-order valence-corrected chi connectivity index (χ3v) is 6.18. The topological polar surface area (TPSA) is 79.3 Å². The van der Waals surface area contributed by atoms with Gasteiger partial charge in [0, 0.05) is 26.6 Å². The molecule has 1 aliphatic heterocycles. The second kappa shape index (κ2) is 9.95. The average molecular weight is 469 g/mol. The number of ether oxygens (including phenoxy) is 2. The van der Waals surface area contributed by atoms with Crippen LogP contribution in [0, 0.1) is 0 Å². The molecule has 34 heavy (non-hydrogen) atoms. The fraction of sp³-hybridized carbons (Fsp3) is 0.481. The first-order valence-electron chi connectivity index (χ1n) is 11.6. The Kier molecular flexibility index (Phi) is 7.44. The smallest absolute Gasteiger partial charge is 0.347 e. The van der Waals surface area contributed by atoms with Crippen LogP contribution in [0.25, 0.3) is 0 Å². The molecule has 0 saturated carbocycles. The number of nitrogens with zero attached hydrogens (tertiary/aromatic N) is 2. The Balaban J connectivity index is 1.49. The van der Waals surface area contributed by atoms with Crippen molar-refractivity contribution in [1.82, 2.24) is 9.80 Å². The summed E-state index contributed by atoms with van der Waals surface area (Å²) in [6, 6.07) is 15.5. The Labute approximate surface area is 202 Å². The summed E-state index contributed by atoms with van der Waals surface area (Å²) in [5.41, 5.74) is 1.21. The van der Waals surface area contributed by atoms with Gasteiger partial charge in [-0.05, 0) is 54.7 Å². The number of likely N-dealkylation sites (N-methyl/N-ethyl adjacent to an activating group) is 1. The van der Waals surface area contributed by atoms with Gasteiger partial charge in [-0.25, -0.2) is 9.59 Å². The van der Waals surface area contributed by atoms with Crippen molar-refractivity contribution in [2.45, 2.75) is 64.6 Å². The molecule has 2 amide bonds. The SMILES string of the molecule is CN1C(=O)N(Cc2ccc(C(C)(C)C)cc2)CC1CCOc1ccc(OC(C)(C)C(=O)O)cc1. The van der Waals surface area contributed by atoms with Crippen LogP contribution in [0.15, 0.2) is 48.5 Å². The lowest BCUT2D eigenvalue weighted by Gasteiger charge is -2.21. The van der Waals surface area contributed by atoms with E-state index in [0.717, 1.165) is 5.56 Å². The van der Waals surface area contributed by atoms with Gasteiger partial charge in [0.1, 0.15) is 11.5 Å². The van der Waals surface area contributed by atoms with E-state index < -0.39 is 11.6 Å². The number of carboxylic acid groups (broad SMARTS) is 1. The molecule has 0 spiro atoms. The van der Waals surface area contributed by atoms with Crippen molar-refractivity contribution in [2.75, 3.05) is 20.2 Å². The highest BCUT2D eigenvalue weighted by atomic mass is 16.5. The number of urea groups is 1. The molecule has 1 aliphatic rings. The molecule has 7 nitrogen and oxygen atoms in total. The highest BCUT2D eigenvalue weighted by molar-refractivity contribution is 5.77. The number of carbonyl (C=O) groups excluding carboxylic acids is 1. The summed E-state index contributed by atoms with van der Waals surface area (Å²) < 4.78 is 11.4. The molecule has 7 heteroatoms. The zero-order valence-corrected chi connectivity index (χ0v) is 21.0. The van der Waals surface area contributed by atoms with Crippen LogP contribution in [0.5, 0.6) is 11.5 Å². The minimum Gasteiger partial charge on any atom is -0.494 e. The van der Waals surface area contributed by atoms with E-state index in [2.05, 4.69) is 45.0 Å². The van der Waals surface area contributed by atoms with Crippen molar-refractivity contribution in [1.29, 1.82) is 0 Å². The standard InChI is InChI=1S/C27H36N2O5/c1-26(2,3)20-9-7-19(8-10-20)17-29-18-21(28(6)25(29)32)15-16-33-22-11-13-23(14-12-22)34-27(4,5)24(30)31/h7-14,21H,15-18H2,1-6H3,(H,30,31). The van der Waals surface area contributed by atoms with E-state index in [9.17, 15) is 14.7 Å². The fourth-order valence-corrected chi connectivity index (χ4v) is 3.84. The molecular weight excluding hydrogens is 432 g/mol. The monoisotopic (exact) mass is 468 g/mol. The summed E-state index contributed by atoms with van der Waals surface area (Å²) in [5.74, 6) is 0.106. The zero-order valence-electron chi connectivity index (χ0n) is 21.0. The number of hydrogen-bond acceptors (Lipinski definition) is 4. The fourth-order valence-electron chi connectivity index (χ4n) is 3.84. The Morgan fingerprint density at radius 3 is 2.15 bits per heavy atom. The molecule has 1 atom stereocenters. The molecule has 0 aliphatic carbocycles. The molecule has 0 bridgehead atoms. The first-order chi connectivity index (χ1) is 15.9. The molecule has 2 aromatic carbocycles. The van der Waals surface area contributed by atoms with Crippen molar-refractivity contribution >= 4 is 12.0 Å². The van der Waals surface area contributed by atoms with E-state index in [-0.39, 0.29) is 17.5 Å². The molecule has 1 N–H and O–H groups in total. The highest BCUT2D eigenvalue weighted by Crippen LogP contribution is 2.25. The molecule has 1 unspecified atom stereocenters. The molecule has 1 heterocycles. The molecule has 184 valence electrons. The number of aliphatic carboxylic acids is 1. The van der Waals surface area contributed by atoms with Crippen LogP contribution in [0.1, 0.15) is 52.2 Å². The second-order valence-electron chi connectivity index (χ2n) is 10.4. The van der Waals surface area contributed by atoms with E-state index in [1.165, 1.54) is 19.4 Å². The van der Waals surface area contributed by atoms with Gasteiger partial charge in [0.25, 0.3) is 0 Å². The van der Waals surface area contributed by atoms with Gasteiger partial charge in [-0.15, -0.1) is 0 Å². The number of benzene rings is 2. The summed E-state index contributed by atoms with van der Waals surface area (Å²) >= 11 is 0. The zero-order chi connectivity index (χ0) is 25.1. The summed E-state index contributed by atoms with van der Waals surface area (Å²) in [4.78, 5) is 27.6. The van der Waals surface area contributed by atoms with Crippen LogP contribution in [-0.2, 0) is 16.8 Å². The largest absolute Gasteiger partial charge is 0.494 e. The lowest BCUT2D eigenvalue weighted by atomic mass is 9.87. The maximum atomic E-state index is 12.7. The lowest BCUT2D eigenvalue weighted by Crippen LogP contribution is -2.37. The molecule has 2 aromatic rings. The van der Waals surface area contributed by atoms with Crippen molar-refractivity contribution < 1.29 is 24.2 Å². The highest BCUT2D eigenvalue weighted by Gasteiger charge is 2.34. The number of carboxylic acids is 1. The summed E-state index contributed by atoms with van der Waals surface area (Å²) in [7, 11) is 1.84. The lowest BCUT2D eigenvalue weighted by molar-refractivity contribution is -0.152. The minimum atomic E-state index is -1.30. The predicted molar refractivity (Wildman–Crippen MR) is 131 cm³/mol. The van der Waals surface area contributed by atoms with Gasteiger partial charge in [-0.2, -0.15) is 0 Å². The normalized spacial score (nSPS) is 16.6. The first kappa shape index (κ1) is 25.4. The van der Waals surface area contributed by atoms with Gasteiger partial charge in [-0.1, -0.05) is 45.0 Å². The van der Waals surface area contributed by atoms with Crippen LogP contribution < -0.4 is 9.47 Å². The first-order valence-corrected chi connectivity index (χ1v) is 11.6. The summed E-state index contributed by atoms with van der Waals surface area (Å²) in [6.07, 6.45) is 0.714. The number of hydrogen-bond donors (Lipinski definition) is 1. The van der Waals surface area contributed by atoms with Crippen LogP contribution in [0.4, 0.5) is 4.79 Å². The molecule has 3 rings (SSSR count). The number of amides is 2. The van der Waals surface area contributed by atoms with E-state index in [4.69, 9.17) is 9.47 Å². The van der Waals surface area contributed by atoms with Gasteiger partial charge in [0.2, 0.25) is 0 Å². The molecule has 0 radical (unpaired) electrons. The average Bonchev–Trinajstić information content (AvgIpc) is 3.02. The van der Waals surface area contributed by atoms with Crippen LogP contribution in [0.3, 0.4) is 0 Å². The van der Waals surface area contributed by atoms with Gasteiger partial charge in [0.15, 0.2) is 5.60 Å². The molecule has 1 saturated heterocycles. The molecule has 1 fully saturated rings. The maximum absolute atomic E-state index is 12.7. The van der Waals surface area contributed by atoms with Crippen LogP contribution in [-0.4, -0.2) is 58.7 Å². The van der Waals surface area contributed by atoms with E-state index >= 15 is 0 Å². The van der Waals surface area contributed by atoms with Gasteiger partial charge in [0.05, 0.1) is 12.6 Å². The van der Waals surface area contributed by atoms with E-state index in [0.29, 0.717) is 37.6 Å². The van der Waals surface area contributed by atoms with Crippen molar-refractivity contribution in [3.63, 3.8) is 0 Å². The number of rotatable bonds is 9. The Morgan fingerprint density at radius 2 is 1.59 bits per heavy atom. The van der Waals surface area contributed by atoms with E-state index in [1.807, 2.05) is 11.9 Å². The van der Waals surface area contributed by atoms with E-state index in [1.54, 1.807) is 29.2 Å². The third-order valence-electron chi connectivity index (χ3n) is 6.18. The Hall–Kier alpha value is -3.22. The summed E-state index contributed by atoms with van der Waals surface area (Å²) in [5, 5.41) is 9.18. The molecular formula is C27H36N2O5. The van der Waals surface area contributed by atoms with Gasteiger partial charge in [-0.3, -0.25) is 0 Å². The van der Waals surface area contributed by atoms with Gasteiger partial charge >= 0.3 is 12.0 Å². The summed E-state index contributed by atoms with van der Waals surface area (Å²) in [6.45, 7) is 11.3. The second-order valence-corrected chi connectivity index (χ2v) is 10.4. The van der Waals surface area contributed by atoms with Gasteiger partial charge < -0.3 is 24.4 Å². The Bertz CT molecular complexity index is 993. The number of carbonyl (C=O) groups is 2. The predicted octanol–water partition coefficient (Wildman–Crippen LogP) is 4.93. The molecule has 0 aromatic heterocycles. The maximum Gasteiger partial charge on any atom is 0.347 e. The van der Waals surface area contributed by atoms with Crippen LogP contribution in [0.2, 0.25) is 0 Å². The van der Waals surface area contributed by atoms with Crippen molar-refractivity contribution in [3.05, 3.63) is 59.7 Å². The van der Waals surface area contributed by atoms with Crippen LogP contribution >= 0.6 is 0 Å². The van der Waals surface area contributed by atoms with Crippen molar-refractivity contribution in [3.8, 4) is 11.5 Å². The minimum absolute atomic E-state index is 0.0347. The quantitative estimate of drug-likeness (QED) is 0.564.